The number of amides is 2. The summed E-state index contributed by atoms with van der Waals surface area (Å²) in [6, 6.07) is 1.94. The van der Waals surface area contributed by atoms with Gasteiger partial charge in [0.2, 0.25) is 0 Å². The van der Waals surface area contributed by atoms with Gasteiger partial charge in [0.05, 0.1) is 60.3 Å². The maximum atomic E-state index is 14.2. The number of benzene rings is 1. The fraction of sp³-hybridized carbons (Fsp3) is 0.500. The van der Waals surface area contributed by atoms with Crippen molar-refractivity contribution in [3.63, 3.8) is 0 Å². The van der Waals surface area contributed by atoms with Gasteiger partial charge in [0.15, 0.2) is 17.1 Å². The van der Waals surface area contributed by atoms with Crippen LogP contribution in [0.5, 0.6) is 11.5 Å². The lowest BCUT2D eigenvalue weighted by Crippen LogP contribution is -2.42. The molecule has 71 heavy (non-hydrogen) atoms. The molecule has 0 aliphatic carbocycles. The largest absolute Gasteiger partial charge is 0.462 e. The molecule has 1 aromatic rings. The van der Waals surface area contributed by atoms with Crippen molar-refractivity contribution in [2.45, 2.75) is 124 Å². The van der Waals surface area contributed by atoms with Crippen molar-refractivity contribution < 1.29 is 76.3 Å². The zero-order valence-corrected chi connectivity index (χ0v) is 43.4. The van der Waals surface area contributed by atoms with E-state index in [9.17, 15) is 48.4 Å². The number of hydrogen-bond acceptors (Lipinski definition) is 21. The quantitative estimate of drug-likeness (QED) is 0.0141. The minimum atomic E-state index is -0.927. The molecule has 0 N–H and O–H groups in total. The summed E-state index contributed by atoms with van der Waals surface area (Å²) in [4.78, 5) is 118. The third-order valence-corrected chi connectivity index (χ3v) is 15.6. The van der Waals surface area contributed by atoms with Gasteiger partial charge in [-0.2, -0.15) is 5.26 Å². The van der Waals surface area contributed by atoms with Gasteiger partial charge in [0.1, 0.15) is 38.1 Å². The van der Waals surface area contributed by atoms with Crippen LogP contribution < -0.4 is 9.47 Å². The van der Waals surface area contributed by atoms with Gasteiger partial charge in [-0.1, -0.05) is 120 Å². The van der Waals surface area contributed by atoms with Crippen molar-refractivity contribution in [3.05, 3.63) is 44.9 Å². The Balaban J connectivity index is 1.80. The molecule has 4 rings (SSSR count). The van der Waals surface area contributed by atoms with Crippen molar-refractivity contribution in [2.75, 3.05) is 46.1 Å². The molecule has 23 heteroatoms. The van der Waals surface area contributed by atoms with E-state index >= 15 is 0 Å². The van der Waals surface area contributed by atoms with Gasteiger partial charge >= 0.3 is 41.8 Å². The molecule has 384 valence electrons. The number of ether oxygens (including phenoxy) is 7. The number of unbranched alkanes of at least 4 members (excludes halogenated alkanes) is 3. The molecular formula is C48H57N3O16S4. The molecule has 1 fully saturated rings. The first-order valence-corrected chi connectivity index (χ1v) is 26.4. The zero-order valence-electron chi connectivity index (χ0n) is 40.1. The minimum absolute atomic E-state index is 0.0533. The number of nitriles is 1. The summed E-state index contributed by atoms with van der Waals surface area (Å²) in [7, 11) is 0. The lowest BCUT2D eigenvalue weighted by molar-refractivity contribution is -0.151. The summed E-state index contributed by atoms with van der Waals surface area (Å²) in [5, 5.41) is 13.2. The summed E-state index contributed by atoms with van der Waals surface area (Å²) >= 11 is 3.55. The van der Waals surface area contributed by atoms with Crippen molar-refractivity contribution in [1.82, 2.24) is 10.0 Å². The maximum Gasteiger partial charge on any atom is 0.350 e. The Morgan fingerprint density at radius 3 is 1.44 bits per heavy atom. The van der Waals surface area contributed by atoms with E-state index in [0.717, 1.165) is 97.7 Å². The van der Waals surface area contributed by atoms with Gasteiger partial charge in [0, 0.05) is 25.2 Å². The Hall–Kier alpha value is -5.70. The summed E-state index contributed by atoms with van der Waals surface area (Å²) < 4.78 is 37.8. The monoisotopic (exact) mass is 1060 g/mol. The number of carbonyl (C=O) groups is 9. The van der Waals surface area contributed by atoms with Gasteiger partial charge in [-0.25, -0.2) is 24.4 Å². The number of rotatable bonds is 29. The molecule has 1 unspecified atom stereocenters. The van der Waals surface area contributed by atoms with Crippen LogP contribution in [0, 0.1) is 17.2 Å². The van der Waals surface area contributed by atoms with E-state index in [0.29, 0.717) is 12.8 Å². The molecule has 0 spiro atoms. The lowest BCUT2D eigenvalue weighted by atomic mass is 10.0. The number of hydrogen-bond donors (Lipinski definition) is 0. The van der Waals surface area contributed by atoms with Crippen LogP contribution in [0.1, 0.15) is 105 Å². The molecule has 0 bridgehead atoms. The standard InChI is InChI=1S/C48H57N3O16S4/c1-7-13-16-29(10-4)28-65-46(60)30(27-49)47-68-40-38(66-35(56)19-17-33(54)63-25-23-61-31(52)11-5)42-43(39(41(40)69-47)67-36(57)20-18-34(55)64-26-24-62-32(53)12-6)71-48(70-42)37-44(58)50(21-14-8-2)51(45(37)59)22-15-9-3/h11-12,29H,5-10,13-26,28H2,1-4H3. The van der Waals surface area contributed by atoms with Crippen molar-refractivity contribution in [2.24, 2.45) is 5.92 Å². The van der Waals surface area contributed by atoms with E-state index in [4.69, 9.17) is 33.2 Å². The molecule has 0 radical (unpaired) electrons. The molecule has 0 aromatic heterocycles. The Kier molecular flexibility index (Phi) is 24.1. The number of fused-ring (bicyclic) bond motifs is 2. The van der Waals surface area contributed by atoms with Crippen LogP contribution in [-0.4, -0.2) is 110 Å². The van der Waals surface area contributed by atoms with E-state index in [-0.39, 0.29) is 103 Å². The summed E-state index contributed by atoms with van der Waals surface area (Å²) in [6.07, 6.45) is 6.11. The number of esters is 7. The van der Waals surface area contributed by atoms with Crippen LogP contribution in [0.3, 0.4) is 0 Å². The minimum Gasteiger partial charge on any atom is -0.462 e. The van der Waals surface area contributed by atoms with Crippen LogP contribution in [0.4, 0.5) is 0 Å². The molecule has 1 atom stereocenters. The Morgan fingerprint density at radius 2 is 1.03 bits per heavy atom. The van der Waals surface area contributed by atoms with Crippen LogP contribution in [0.15, 0.2) is 64.5 Å². The highest BCUT2D eigenvalue weighted by Crippen LogP contribution is 2.68. The van der Waals surface area contributed by atoms with Crippen LogP contribution in [0.25, 0.3) is 0 Å². The van der Waals surface area contributed by atoms with Gasteiger partial charge in [-0.05, 0) is 25.2 Å². The van der Waals surface area contributed by atoms with E-state index in [1.807, 2.05) is 33.8 Å². The third-order valence-electron chi connectivity index (χ3n) is 10.4. The lowest BCUT2D eigenvalue weighted by Gasteiger charge is -2.27. The summed E-state index contributed by atoms with van der Waals surface area (Å²) in [5.74, 6) is -7.11. The van der Waals surface area contributed by atoms with Crippen LogP contribution in [0.2, 0.25) is 0 Å². The number of nitrogens with zero attached hydrogens (tertiary/aromatic N) is 3. The highest BCUT2D eigenvalue weighted by molar-refractivity contribution is 8.26. The normalized spacial score (nSPS) is 14.0. The topological polar surface area (TPSA) is 249 Å². The van der Waals surface area contributed by atoms with Gasteiger partial charge in [-0.15, -0.1) is 0 Å². The van der Waals surface area contributed by atoms with Gasteiger partial charge in [-0.3, -0.25) is 28.8 Å². The Bertz CT molecular complexity index is 2230. The van der Waals surface area contributed by atoms with Gasteiger partial charge in [0.25, 0.3) is 11.8 Å². The Labute approximate surface area is 429 Å². The number of hydrazine groups is 1. The van der Waals surface area contributed by atoms with E-state index in [1.54, 1.807) is 0 Å². The van der Waals surface area contributed by atoms with E-state index in [1.165, 1.54) is 10.0 Å². The van der Waals surface area contributed by atoms with Crippen LogP contribution >= 0.6 is 47.0 Å². The third kappa shape index (κ3) is 16.4. The molecule has 2 amide bonds. The Morgan fingerprint density at radius 1 is 0.606 bits per heavy atom. The maximum absolute atomic E-state index is 14.2. The molecule has 1 aromatic carbocycles. The molecule has 19 nitrogen and oxygen atoms in total. The second kappa shape index (κ2) is 29.6. The van der Waals surface area contributed by atoms with Crippen molar-refractivity contribution in [3.8, 4) is 17.6 Å². The fourth-order valence-corrected chi connectivity index (χ4v) is 11.9. The summed E-state index contributed by atoms with van der Waals surface area (Å²) in [6.45, 7) is 14.1. The average molecular weight is 1060 g/mol. The molecule has 3 heterocycles. The zero-order chi connectivity index (χ0) is 52.0. The SMILES string of the molecule is C=CC(=O)OCCOC(=O)CCC(=O)Oc1c2c(c(OC(=O)CCC(=O)OCCOC(=O)C=C)c3c1SC(=C1C(=O)N(CCCC)N(CCCC)C1=O)S3)SC(=C(C#N)C(=O)OCC(CC)CCCC)S2. The first-order chi connectivity index (χ1) is 34.2. The molecule has 0 saturated carbocycles. The first kappa shape index (κ1) is 57.9. The average Bonchev–Trinajstić information content (AvgIpc) is 4.06. The smallest absolute Gasteiger partial charge is 0.350 e. The predicted octanol–water partition coefficient (Wildman–Crippen LogP) is 7.89. The highest BCUT2D eigenvalue weighted by atomic mass is 32.2. The highest BCUT2D eigenvalue weighted by Gasteiger charge is 2.47. The summed E-state index contributed by atoms with van der Waals surface area (Å²) in [5.41, 5.74) is -0.523. The molecule has 3 aliphatic heterocycles. The molecule has 1 saturated heterocycles. The van der Waals surface area contributed by atoms with Crippen molar-refractivity contribution in [1.29, 1.82) is 5.26 Å². The second-order valence-corrected chi connectivity index (χ2v) is 20.1. The predicted molar refractivity (Wildman–Crippen MR) is 261 cm³/mol. The first-order valence-electron chi connectivity index (χ1n) is 23.1. The second-order valence-electron chi connectivity index (χ2n) is 15.5. The van der Waals surface area contributed by atoms with E-state index in [2.05, 4.69) is 13.2 Å². The number of carbonyl (C=O) groups excluding carboxylic acids is 9. The van der Waals surface area contributed by atoms with Gasteiger partial charge < -0.3 is 33.2 Å². The van der Waals surface area contributed by atoms with Crippen molar-refractivity contribution >= 4 is 101 Å². The fourth-order valence-electron chi connectivity index (χ4n) is 6.53. The molecule has 3 aliphatic rings. The molecular weight excluding hydrogens is 1000 g/mol. The van der Waals surface area contributed by atoms with E-state index < -0.39 is 79.3 Å². The van der Waals surface area contributed by atoms with Crippen LogP contribution in [-0.2, 0) is 66.8 Å². The number of thioether (sulfide) groups is 4.